The Morgan fingerprint density at radius 3 is 2.80 bits per heavy atom. The monoisotopic (exact) mass is 341 g/mol. The van der Waals surface area contributed by atoms with Crippen LogP contribution in [0.5, 0.6) is 0 Å². The standard InChI is InChI=1S/C17H25BrFN/c1-3-9-20-17(15-6-4-5-12(15)2)10-13-7-8-14(18)11-16(13)19/h7-8,11-12,15,17,20H,3-6,9-10H2,1-2H3. The summed E-state index contributed by atoms with van der Waals surface area (Å²) in [6.07, 6.45) is 5.84. The highest BCUT2D eigenvalue weighted by Gasteiger charge is 2.30. The van der Waals surface area contributed by atoms with Gasteiger partial charge in [-0.05, 0) is 55.3 Å². The predicted molar refractivity (Wildman–Crippen MR) is 86.4 cm³/mol. The summed E-state index contributed by atoms with van der Waals surface area (Å²) in [5.74, 6) is 1.35. The molecule has 112 valence electrons. The van der Waals surface area contributed by atoms with Crippen molar-refractivity contribution in [3.8, 4) is 0 Å². The Balaban J connectivity index is 2.10. The van der Waals surface area contributed by atoms with E-state index in [0.29, 0.717) is 12.0 Å². The second kappa shape index (κ2) is 7.56. The first kappa shape index (κ1) is 16.0. The third-order valence-electron chi connectivity index (χ3n) is 4.56. The molecule has 1 N–H and O–H groups in total. The lowest BCUT2D eigenvalue weighted by Crippen LogP contribution is -2.39. The minimum Gasteiger partial charge on any atom is -0.313 e. The number of hydrogen-bond donors (Lipinski definition) is 1. The molecule has 0 aliphatic heterocycles. The Hall–Kier alpha value is -0.410. The first-order valence-electron chi connectivity index (χ1n) is 7.79. The predicted octanol–water partition coefficient (Wildman–Crippen LogP) is 4.94. The van der Waals surface area contributed by atoms with E-state index in [4.69, 9.17) is 0 Å². The highest BCUT2D eigenvalue weighted by Crippen LogP contribution is 2.35. The first-order chi connectivity index (χ1) is 9.61. The minimum absolute atomic E-state index is 0.0895. The quantitative estimate of drug-likeness (QED) is 0.772. The molecule has 0 saturated heterocycles. The molecule has 2 rings (SSSR count). The van der Waals surface area contributed by atoms with Crippen LogP contribution in [0.2, 0.25) is 0 Å². The fraction of sp³-hybridized carbons (Fsp3) is 0.647. The molecule has 3 atom stereocenters. The van der Waals surface area contributed by atoms with Gasteiger partial charge in [0.25, 0.3) is 0 Å². The van der Waals surface area contributed by atoms with E-state index >= 15 is 0 Å². The summed E-state index contributed by atoms with van der Waals surface area (Å²) in [5.41, 5.74) is 0.834. The Kier molecular flexibility index (Phi) is 6.03. The topological polar surface area (TPSA) is 12.0 Å². The Morgan fingerprint density at radius 1 is 1.40 bits per heavy atom. The van der Waals surface area contributed by atoms with Crippen molar-refractivity contribution in [3.63, 3.8) is 0 Å². The van der Waals surface area contributed by atoms with Crippen LogP contribution in [0.4, 0.5) is 4.39 Å². The summed E-state index contributed by atoms with van der Waals surface area (Å²) < 4.78 is 14.9. The van der Waals surface area contributed by atoms with Crippen LogP contribution in [0.15, 0.2) is 22.7 Å². The van der Waals surface area contributed by atoms with Crippen LogP contribution in [-0.4, -0.2) is 12.6 Å². The van der Waals surface area contributed by atoms with Crippen LogP contribution >= 0.6 is 15.9 Å². The molecule has 0 amide bonds. The average Bonchev–Trinajstić information content (AvgIpc) is 2.83. The van der Waals surface area contributed by atoms with Crippen molar-refractivity contribution in [1.82, 2.24) is 5.32 Å². The molecule has 20 heavy (non-hydrogen) atoms. The lowest BCUT2D eigenvalue weighted by Gasteiger charge is -2.28. The maximum absolute atomic E-state index is 14.1. The van der Waals surface area contributed by atoms with Crippen molar-refractivity contribution in [2.75, 3.05) is 6.54 Å². The van der Waals surface area contributed by atoms with Crippen molar-refractivity contribution in [3.05, 3.63) is 34.1 Å². The van der Waals surface area contributed by atoms with Gasteiger partial charge in [0.1, 0.15) is 5.82 Å². The normalized spacial score (nSPS) is 24.0. The molecule has 3 heteroatoms. The van der Waals surface area contributed by atoms with E-state index in [-0.39, 0.29) is 5.82 Å². The molecule has 1 aliphatic rings. The Labute approximate surface area is 130 Å². The van der Waals surface area contributed by atoms with E-state index < -0.39 is 0 Å². The second-order valence-electron chi connectivity index (χ2n) is 6.07. The summed E-state index contributed by atoms with van der Waals surface area (Å²) in [6, 6.07) is 5.83. The molecule has 1 aromatic carbocycles. The maximum atomic E-state index is 14.1. The van der Waals surface area contributed by atoms with Gasteiger partial charge in [-0.25, -0.2) is 4.39 Å². The fourth-order valence-electron chi connectivity index (χ4n) is 3.40. The van der Waals surface area contributed by atoms with Crippen LogP contribution in [-0.2, 0) is 6.42 Å². The summed E-state index contributed by atoms with van der Waals surface area (Å²) >= 11 is 3.32. The van der Waals surface area contributed by atoms with Gasteiger partial charge in [0.15, 0.2) is 0 Å². The third kappa shape index (κ3) is 4.05. The molecule has 0 heterocycles. The third-order valence-corrected chi connectivity index (χ3v) is 5.05. The summed E-state index contributed by atoms with van der Waals surface area (Å²) in [5, 5.41) is 3.65. The van der Waals surface area contributed by atoms with E-state index in [1.54, 1.807) is 6.07 Å². The molecular formula is C17H25BrFN. The maximum Gasteiger partial charge on any atom is 0.127 e. The number of halogens is 2. The van der Waals surface area contributed by atoms with Crippen molar-refractivity contribution >= 4 is 15.9 Å². The highest BCUT2D eigenvalue weighted by molar-refractivity contribution is 9.10. The minimum atomic E-state index is -0.0895. The van der Waals surface area contributed by atoms with E-state index in [2.05, 4.69) is 35.1 Å². The van der Waals surface area contributed by atoms with E-state index in [9.17, 15) is 4.39 Å². The molecule has 1 saturated carbocycles. The van der Waals surface area contributed by atoms with Crippen LogP contribution in [0, 0.1) is 17.7 Å². The summed E-state index contributed by atoms with van der Waals surface area (Å²) in [4.78, 5) is 0. The first-order valence-corrected chi connectivity index (χ1v) is 8.58. The van der Waals surface area contributed by atoms with Gasteiger partial charge in [-0.2, -0.15) is 0 Å². The van der Waals surface area contributed by atoms with Gasteiger partial charge in [0, 0.05) is 10.5 Å². The SMILES string of the molecule is CCCNC(Cc1ccc(Br)cc1F)C1CCCC1C. The van der Waals surface area contributed by atoms with Gasteiger partial charge in [0.2, 0.25) is 0 Å². The number of nitrogens with one attached hydrogen (secondary N) is 1. The zero-order chi connectivity index (χ0) is 14.5. The van der Waals surface area contributed by atoms with Crippen LogP contribution in [0.25, 0.3) is 0 Å². The van der Waals surface area contributed by atoms with Gasteiger partial charge in [-0.3, -0.25) is 0 Å². The number of benzene rings is 1. The van der Waals surface area contributed by atoms with Gasteiger partial charge < -0.3 is 5.32 Å². The molecule has 1 fully saturated rings. The largest absolute Gasteiger partial charge is 0.313 e. The van der Waals surface area contributed by atoms with Crippen molar-refractivity contribution < 1.29 is 4.39 Å². The van der Waals surface area contributed by atoms with Crippen molar-refractivity contribution in [2.24, 2.45) is 11.8 Å². The van der Waals surface area contributed by atoms with E-state index in [1.807, 2.05) is 12.1 Å². The lowest BCUT2D eigenvalue weighted by atomic mass is 9.86. The molecule has 1 aliphatic carbocycles. The van der Waals surface area contributed by atoms with E-state index in [1.165, 1.54) is 19.3 Å². The molecule has 1 aromatic rings. The smallest absolute Gasteiger partial charge is 0.127 e. The van der Waals surface area contributed by atoms with Crippen LogP contribution in [0.1, 0.15) is 45.1 Å². The molecule has 1 nitrogen and oxygen atoms in total. The molecule has 0 aromatic heterocycles. The highest BCUT2D eigenvalue weighted by atomic mass is 79.9. The molecule has 0 radical (unpaired) electrons. The van der Waals surface area contributed by atoms with Gasteiger partial charge >= 0.3 is 0 Å². The average molecular weight is 342 g/mol. The zero-order valence-corrected chi connectivity index (χ0v) is 14.0. The van der Waals surface area contributed by atoms with Gasteiger partial charge in [-0.1, -0.05) is 48.7 Å². The Bertz CT molecular complexity index is 435. The molecule has 0 spiro atoms. The number of rotatable bonds is 6. The number of hydrogen-bond acceptors (Lipinski definition) is 1. The van der Waals surface area contributed by atoms with Gasteiger partial charge in [-0.15, -0.1) is 0 Å². The van der Waals surface area contributed by atoms with Crippen molar-refractivity contribution in [2.45, 2.75) is 52.0 Å². The molecule has 3 unspecified atom stereocenters. The molecular weight excluding hydrogens is 317 g/mol. The summed E-state index contributed by atoms with van der Waals surface area (Å²) in [7, 11) is 0. The van der Waals surface area contributed by atoms with Gasteiger partial charge in [0.05, 0.1) is 0 Å². The zero-order valence-electron chi connectivity index (χ0n) is 12.5. The molecule has 0 bridgehead atoms. The van der Waals surface area contributed by atoms with Crippen LogP contribution < -0.4 is 5.32 Å². The summed E-state index contributed by atoms with van der Waals surface area (Å²) in [6.45, 7) is 5.55. The fourth-order valence-corrected chi connectivity index (χ4v) is 3.73. The second-order valence-corrected chi connectivity index (χ2v) is 6.99. The van der Waals surface area contributed by atoms with Crippen LogP contribution in [0.3, 0.4) is 0 Å². The lowest BCUT2D eigenvalue weighted by molar-refractivity contribution is 0.293. The van der Waals surface area contributed by atoms with E-state index in [0.717, 1.165) is 35.3 Å². The van der Waals surface area contributed by atoms with Crippen molar-refractivity contribution in [1.29, 1.82) is 0 Å². The Morgan fingerprint density at radius 2 is 2.20 bits per heavy atom.